The van der Waals surface area contributed by atoms with Gasteiger partial charge in [-0.2, -0.15) is 5.10 Å². The summed E-state index contributed by atoms with van der Waals surface area (Å²) in [7, 11) is 0. The highest BCUT2D eigenvalue weighted by molar-refractivity contribution is 6.29. The Morgan fingerprint density at radius 3 is 3.12 bits per heavy atom. The lowest BCUT2D eigenvalue weighted by molar-refractivity contribution is -0.113. The molecule has 17 heavy (non-hydrogen) atoms. The first kappa shape index (κ1) is 11.7. The average molecular weight is 250 g/mol. The Labute approximate surface area is 104 Å². The molecule has 5 heteroatoms. The third-order valence-corrected chi connectivity index (χ3v) is 2.52. The third kappa shape index (κ3) is 2.65. The second-order valence-corrected chi connectivity index (χ2v) is 3.86. The van der Waals surface area contributed by atoms with Crippen LogP contribution in [0.25, 0.3) is 10.9 Å². The van der Waals surface area contributed by atoms with Crippen molar-refractivity contribution in [2.24, 2.45) is 0 Å². The van der Waals surface area contributed by atoms with E-state index >= 15 is 0 Å². The number of halogens is 1. The van der Waals surface area contributed by atoms with Gasteiger partial charge in [-0.15, -0.1) is 18.2 Å². The number of hydrogen-bond acceptors (Lipinski definition) is 2. The molecule has 1 heterocycles. The Balaban J connectivity index is 2.29. The highest BCUT2D eigenvalue weighted by Gasteiger charge is 2.03. The molecule has 0 fully saturated rings. The molecule has 0 radical (unpaired) electrons. The standard InChI is InChI=1S/C12H12ClN3O/c1-2-5-16-8-9-3-4-10(6-11(9)15-16)14-12(17)7-13/h2-4,6,8H,1,5,7H2,(H,14,17). The lowest BCUT2D eigenvalue weighted by Gasteiger charge is -2.01. The summed E-state index contributed by atoms with van der Waals surface area (Å²) in [4.78, 5) is 11.1. The number of anilines is 1. The van der Waals surface area contributed by atoms with Crippen LogP contribution in [-0.4, -0.2) is 21.6 Å². The van der Waals surface area contributed by atoms with Crippen LogP contribution in [0, 0.1) is 0 Å². The Bertz CT molecular complexity index is 562. The molecule has 0 bridgehead atoms. The van der Waals surface area contributed by atoms with Crippen LogP contribution in [0.1, 0.15) is 0 Å². The highest BCUT2D eigenvalue weighted by atomic mass is 35.5. The van der Waals surface area contributed by atoms with Crippen molar-refractivity contribution in [1.82, 2.24) is 9.78 Å². The number of fused-ring (bicyclic) bond motifs is 1. The smallest absolute Gasteiger partial charge is 0.239 e. The van der Waals surface area contributed by atoms with E-state index in [2.05, 4.69) is 17.0 Å². The van der Waals surface area contributed by atoms with Crippen LogP contribution < -0.4 is 5.32 Å². The molecule has 0 saturated carbocycles. The first-order valence-electron chi connectivity index (χ1n) is 5.17. The lowest BCUT2D eigenvalue weighted by Crippen LogP contribution is -2.12. The van der Waals surface area contributed by atoms with Crippen LogP contribution in [-0.2, 0) is 11.3 Å². The van der Waals surface area contributed by atoms with Gasteiger partial charge in [0.05, 0.1) is 12.1 Å². The van der Waals surface area contributed by atoms with Crippen LogP contribution in [0.4, 0.5) is 5.69 Å². The second kappa shape index (κ2) is 5.01. The van der Waals surface area contributed by atoms with Gasteiger partial charge in [-0.05, 0) is 18.2 Å². The maximum absolute atomic E-state index is 11.1. The fourth-order valence-electron chi connectivity index (χ4n) is 1.57. The Hall–Kier alpha value is -1.81. The Morgan fingerprint density at radius 2 is 2.41 bits per heavy atom. The number of carbonyl (C=O) groups is 1. The van der Waals surface area contributed by atoms with Gasteiger partial charge in [0.1, 0.15) is 5.88 Å². The Morgan fingerprint density at radius 1 is 1.59 bits per heavy atom. The van der Waals surface area contributed by atoms with Crippen molar-refractivity contribution < 1.29 is 4.79 Å². The zero-order valence-electron chi connectivity index (χ0n) is 9.19. The molecule has 1 N–H and O–H groups in total. The lowest BCUT2D eigenvalue weighted by atomic mass is 10.2. The van der Waals surface area contributed by atoms with E-state index in [0.717, 1.165) is 10.9 Å². The largest absolute Gasteiger partial charge is 0.325 e. The van der Waals surface area contributed by atoms with Gasteiger partial charge < -0.3 is 5.32 Å². The predicted molar refractivity (Wildman–Crippen MR) is 69.3 cm³/mol. The van der Waals surface area contributed by atoms with Crippen LogP contribution in [0.3, 0.4) is 0 Å². The van der Waals surface area contributed by atoms with Gasteiger partial charge in [-0.3, -0.25) is 9.48 Å². The summed E-state index contributed by atoms with van der Waals surface area (Å²) in [5.74, 6) is -0.278. The van der Waals surface area contributed by atoms with E-state index in [1.165, 1.54) is 0 Å². The molecule has 1 amide bonds. The first-order chi connectivity index (χ1) is 8.22. The van der Waals surface area contributed by atoms with Crippen molar-refractivity contribution in [3.63, 3.8) is 0 Å². The third-order valence-electron chi connectivity index (χ3n) is 2.28. The maximum atomic E-state index is 11.1. The van der Waals surface area contributed by atoms with Gasteiger partial charge >= 0.3 is 0 Å². The van der Waals surface area contributed by atoms with Crippen LogP contribution in [0.5, 0.6) is 0 Å². The molecular weight excluding hydrogens is 238 g/mol. The minimum Gasteiger partial charge on any atom is -0.325 e. The summed E-state index contributed by atoms with van der Waals surface area (Å²) in [6, 6.07) is 5.55. The number of nitrogens with one attached hydrogen (secondary N) is 1. The van der Waals surface area contributed by atoms with E-state index in [9.17, 15) is 4.79 Å². The number of aromatic nitrogens is 2. The van der Waals surface area contributed by atoms with Crippen LogP contribution in [0.15, 0.2) is 37.1 Å². The van der Waals surface area contributed by atoms with Crippen molar-refractivity contribution in [2.75, 3.05) is 11.2 Å². The summed E-state index contributed by atoms with van der Waals surface area (Å²) < 4.78 is 1.80. The summed E-state index contributed by atoms with van der Waals surface area (Å²) in [6.07, 6.45) is 3.71. The van der Waals surface area contributed by atoms with Crippen molar-refractivity contribution in [3.8, 4) is 0 Å². The average Bonchev–Trinajstić information content (AvgIpc) is 2.71. The summed E-state index contributed by atoms with van der Waals surface area (Å²) in [5.41, 5.74) is 1.53. The topological polar surface area (TPSA) is 46.9 Å². The molecule has 1 aromatic carbocycles. The molecule has 0 unspecified atom stereocenters. The van der Waals surface area contributed by atoms with Gasteiger partial charge in [0, 0.05) is 17.3 Å². The molecule has 2 aromatic rings. The molecule has 0 aliphatic rings. The predicted octanol–water partition coefficient (Wildman–Crippen LogP) is 2.40. The summed E-state index contributed by atoms with van der Waals surface area (Å²) in [5, 5.41) is 8.07. The number of alkyl halides is 1. The molecule has 0 atom stereocenters. The molecule has 1 aromatic heterocycles. The van der Waals surface area contributed by atoms with Gasteiger partial charge in [0.25, 0.3) is 0 Å². The SMILES string of the molecule is C=CCn1cc2ccc(NC(=O)CCl)cc2n1. The van der Waals surface area contributed by atoms with Gasteiger partial charge in [0.15, 0.2) is 0 Å². The Kier molecular flexibility index (Phi) is 3.44. The van der Waals surface area contributed by atoms with Gasteiger partial charge in [-0.1, -0.05) is 6.08 Å². The zero-order valence-corrected chi connectivity index (χ0v) is 9.94. The molecule has 2 rings (SSSR count). The van der Waals surface area contributed by atoms with E-state index < -0.39 is 0 Å². The van der Waals surface area contributed by atoms with Crippen molar-refractivity contribution in [1.29, 1.82) is 0 Å². The second-order valence-electron chi connectivity index (χ2n) is 3.60. The van der Waals surface area contributed by atoms with Gasteiger partial charge in [0.2, 0.25) is 5.91 Å². The highest BCUT2D eigenvalue weighted by Crippen LogP contribution is 2.17. The molecule has 0 spiro atoms. The summed E-state index contributed by atoms with van der Waals surface area (Å²) >= 11 is 5.42. The van der Waals surface area contributed by atoms with E-state index in [1.807, 2.05) is 24.4 Å². The van der Waals surface area contributed by atoms with Crippen LogP contribution in [0.2, 0.25) is 0 Å². The number of amides is 1. The van der Waals surface area contributed by atoms with E-state index in [1.54, 1.807) is 10.8 Å². The number of allylic oxidation sites excluding steroid dienone is 1. The minimum absolute atomic E-state index is 0.0526. The van der Waals surface area contributed by atoms with E-state index in [-0.39, 0.29) is 11.8 Å². The number of carbonyl (C=O) groups excluding carboxylic acids is 1. The zero-order chi connectivity index (χ0) is 12.3. The fourth-order valence-corrected chi connectivity index (χ4v) is 1.63. The maximum Gasteiger partial charge on any atom is 0.239 e. The molecule has 0 saturated heterocycles. The number of benzene rings is 1. The van der Waals surface area contributed by atoms with Gasteiger partial charge in [-0.25, -0.2) is 0 Å². The first-order valence-corrected chi connectivity index (χ1v) is 5.70. The monoisotopic (exact) mass is 249 g/mol. The molecule has 0 aliphatic carbocycles. The molecule has 4 nitrogen and oxygen atoms in total. The van der Waals surface area contributed by atoms with Crippen molar-refractivity contribution in [3.05, 3.63) is 37.1 Å². The fraction of sp³-hybridized carbons (Fsp3) is 0.167. The van der Waals surface area contributed by atoms with E-state index in [0.29, 0.717) is 12.2 Å². The molecular formula is C12H12ClN3O. The van der Waals surface area contributed by atoms with Crippen molar-refractivity contribution in [2.45, 2.75) is 6.54 Å². The van der Waals surface area contributed by atoms with E-state index in [4.69, 9.17) is 11.6 Å². The normalized spacial score (nSPS) is 10.4. The minimum atomic E-state index is -0.225. The summed E-state index contributed by atoms with van der Waals surface area (Å²) in [6.45, 7) is 4.33. The van der Waals surface area contributed by atoms with Crippen molar-refractivity contribution >= 4 is 34.1 Å². The quantitative estimate of drug-likeness (QED) is 0.668. The number of hydrogen-bond donors (Lipinski definition) is 1. The van der Waals surface area contributed by atoms with Crippen LogP contribution >= 0.6 is 11.6 Å². The molecule has 0 aliphatic heterocycles. The number of rotatable bonds is 4. The number of nitrogens with zero attached hydrogens (tertiary/aromatic N) is 2. The molecule has 88 valence electrons.